The molecule has 0 aliphatic carbocycles. The number of para-hydroxylation sites is 1. The molecule has 0 spiro atoms. The molecule has 0 fully saturated rings. The normalized spacial score (nSPS) is 15.8. The van der Waals surface area contributed by atoms with Crippen LogP contribution in [0.1, 0.15) is 27.5 Å². The summed E-state index contributed by atoms with van der Waals surface area (Å²) >= 11 is 0. The Morgan fingerprint density at radius 1 is 1.12 bits per heavy atom. The van der Waals surface area contributed by atoms with Gasteiger partial charge in [0.25, 0.3) is 5.56 Å². The highest BCUT2D eigenvalue weighted by atomic mass is 16.5. The van der Waals surface area contributed by atoms with Crippen molar-refractivity contribution in [2.24, 2.45) is 0 Å². The average Bonchev–Trinajstić information content (AvgIpc) is 3.08. The van der Waals surface area contributed by atoms with Crippen molar-refractivity contribution in [2.75, 3.05) is 12.4 Å². The first kappa shape index (κ1) is 14.5. The fraction of sp³-hybridized carbons (Fsp3) is 0.158. The maximum absolute atomic E-state index is 12.5. The molecule has 2 N–H and O–H groups in total. The Hall–Kier alpha value is -3.08. The van der Waals surface area contributed by atoms with E-state index in [0.717, 1.165) is 16.5 Å². The molecule has 0 saturated heterocycles. The number of fused-ring (bicyclic) bond motifs is 3. The maximum Gasteiger partial charge on any atom is 0.339 e. The minimum Gasteiger partial charge on any atom is -0.465 e. The van der Waals surface area contributed by atoms with Gasteiger partial charge in [0.2, 0.25) is 0 Å². The van der Waals surface area contributed by atoms with Crippen LogP contribution in [-0.4, -0.2) is 18.1 Å². The van der Waals surface area contributed by atoms with Gasteiger partial charge in [-0.1, -0.05) is 42.5 Å². The molecule has 5 heteroatoms. The van der Waals surface area contributed by atoms with Gasteiger partial charge in [0.05, 0.1) is 24.2 Å². The van der Waals surface area contributed by atoms with Gasteiger partial charge >= 0.3 is 5.97 Å². The van der Waals surface area contributed by atoms with E-state index in [4.69, 9.17) is 4.74 Å². The van der Waals surface area contributed by atoms with E-state index in [-0.39, 0.29) is 11.6 Å². The van der Waals surface area contributed by atoms with Gasteiger partial charge in [-0.25, -0.2) is 4.79 Å². The van der Waals surface area contributed by atoms with Gasteiger partial charge in [-0.2, -0.15) is 0 Å². The molecule has 24 heavy (non-hydrogen) atoms. The van der Waals surface area contributed by atoms with E-state index in [1.54, 1.807) is 6.07 Å². The van der Waals surface area contributed by atoms with E-state index in [1.807, 2.05) is 42.5 Å². The molecule has 2 aromatic carbocycles. The number of anilines is 1. The molecular weight excluding hydrogens is 304 g/mol. The van der Waals surface area contributed by atoms with Crippen LogP contribution in [0.3, 0.4) is 0 Å². The summed E-state index contributed by atoms with van der Waals surface area (Å²) in [6, 6.07) is 15.5. The molecule has 0 saturated carbocycles. The van der Waals surface area contributed by atoms with Crippen molar-refractivity contribution in [3.63, 3.8) is 0 Å². The van der Waals surface area contributed by atoms with Gasteiger partial charge in [-0.05, 0) is 23.6 Å². The number of ether oxygens (including phenoxy) is 1. The highest BCUT2D eigenvalue weighted by molar-refractivity contribution is 6.04. The Balaban J connectivity index is 1.88. The van der Waals surface area contributed by atoms with Crippen molar-refractivity contribution in [3.8, 4) is 0 Å². The monoisotopic (exact) mass is 320 g/mol. The van der Waals surface area contributed by atoms with Crippen molar-refractivity contribution in [1.82, 2.24) is 4.98 Å². The molecule has 0 bridgehead atoms. The Labute approximate surface area is 138 Å². The number of rotatable bonds is 2. The lowest BCUT2D eigenvalue weighted by Gasteiger charge is -2.10. The molecule has 0 radical (unpaired) electrons. The Bertz CT molecular complexity index is 993. The number of esters is 1. The number of aromatic nitrogens is 1. The van der Waals surface area contributed by atoms with Gasteiger partial charge in [-0.3, -0.25) is 4.79 Å². The van der Waals surface area contributed by atoms with Crippen LogP contribution < -0.4 is 10.9 Å². The van der Waals surface area contributed by atoms with E-state index in [0.29, 0.717) is 23.2 Å². The summed E-state index contributed by atoms with van der Waals surface area (Å²) in [5, 5.41) is 4.19. The van der Waals surface area contributed by atoms with Crippen molar-refractivity contribution in [1.29, 1.82) is 0 Å². The average molecular weight is 320 g/mol. The smallest absolute Gasteiger partial charge is 0.339 e. The van der Waals surface area contributed by atoms with Crippen LogP contribution in [0.15, 0.2) is 53.3 Å². The predicted molar refractivity (Wildman–Crippen MR) is 92.4 cm³/mol. The number of carbonyl (C=O) groups is 1. The molecule has 1 aromatic heterocycles. The third-order valence-electron chi connectivity index (χ3n) is 4.49. The molecule has 0 amide bonds. The number of carbonyl (C=O) groups excluding carboxylic acids is 1. The van der Waals surface area contributed by atoms with Crippen LogP contribution in [0.4, 0.5) is 5.69 Å². The topological polar surface area (TPSA) is 71.2 Å². The van der Waals surface area contributed by atoms with Crippen molar-refractivity contribution < 1.29 is 9.53 Å². The molecule has 3 aromatic rings. The fourth-order valence-electron chi connectivity index (χ4n) is 3.35. The lowest BCUT2D eigenvalue weighted by atomic mass is 9.99. The summed E-state index contributed by atoms with van der Waals surface area (Å²) in [5.41, 5.74) is 3.34. The third-order valence-corrected chi connectivity index (χ3v) is 4.49. The molecular formula is C19H16N2O3. The van der Waals surface area contributed by atoms with E-state index < -0.39 is 5.97 Å². The quantitative estimate of drug-likeness (QED) is 0.712. The lowest BCUT2D eigenvalue weighted by molar-refractivity contribution is 0.0603. The number of H-pyrrole nitrogens is 1. The van der Waals surface area contributed by atoms with Gasteiger partial charge in [0, 0.05) is 5.39 Å². The second-order valence-electron chi connectivity index (χ2n) is 5.84. The van der Waals surface area contributed by atoms with Gasteiger partial charge in [-0.15, -0.1) is 0 Å². The summed E-state index contributed by atoms with van der Waals surface area (Å²) in [7, 11) is 1.33. The third kappa shape index (κ3) is 2.17. The zero-order chi connectivity index (χ0) is 16.7. The minimum absolute atomic E-state index is 0.0506. The summed E-state index contributed by atoms with van der Waals surface area (Å²) in [4.78, 5) is 27.3. The van der Waals surface area contributed by atoms with Gasteiger partial charge in [0.15, 0.2) is 0 Å². The number of pyridine rings is 1. The second kappa shape index (κ2) is 5.53. The van der Waals surface area contributed by atoms with Crippen molar-refractivity contribution >= 4 is 22.6 Å². The van der Waals surface area contributed by atoms with Gasteiger partial charge < -0.3 is 15.0 Å². The standard InChI is InChI=1S/C19H16N2O3/c1-24-19(23)13-9-5-8-12-14-10-15(11-6-3-2-4-7-11)20-17(14)18(22)21-16(12)13/h2-9,15,20H,10H2,1H3,(H,21,22)/t15-/m0/s1. The predicted octanol–water partition coefficient (Wildman–Crippen LogP) is 3.02. The maximum atomic E-state index is 12.5. The SMILES string of the molecule is COC(=O)c1cccc2c3c(c(=O)[nH]c12)N[C@H](c1ccccc1)C3. The summed E-state index contributed by atoms with van der Waals surface area (Å²) in [6.45, 7) is 0. The molecule has 5 nitrogen and oxygen atoms in total. The number of nitrogens with one attached hydrogen (secondary N) is 2. The summed E-state index contributed by atoms with van der Waals surface area (Å²) in [5.74, 6) is -0.457. The molecule has 1 atom stereocenters. The number of hydrogen-bond donors (Lipinski definition) is 2. The number of hydrogen-bond acceptors (Lipinski definition) is 4. The Morgan fingerprint density at radius 3 is 2.67 bits per heavy atom. The summed E-state index contributed by atoms with van der Waals surface area (Å²) < 4.78 is 4.82. The van der Waals surface area contributed by atoms with Crippen LogP contribution >= 0.6 is 0 Å². The Kier molecular flexibility index (Phi) is 3.34. The highest BCUT2D eigenvalue weighted by Gasteiger charge is 2.27. The lowest BCUT2D eigenvalue weighted by Crippen LogP contribution is -2.14. The molecule has 1 aliphatic rings. The first-order chi connectivity index (χ1) is 11.7. The van der Waals surface area contributed by atoms with Crippen molar-refractivity contribution in [3.05, 3.63) is 75.6 Å². The number of benzene rings is 2. The summed E-state index contributed by atoms with van der Waals surface area (Å²) in [6.07, 6.45) is 0.699. The zero-order valence-electron chi connectivity index (χ0n) is 13.1. The largest absolute Gasteiger partial charge is 0.465 e. The van der Waals surface area contributed by atoms with E-state index in [2.05, 4.69) is 10.3 Å². The molecule has 1 aliphatic heterocycles. The highest BCUT2D eigenvalue weighted by Crippen LogP contribution is 2.36. The number of aromatic amines is 1. The van der Waals surface area contributed by atoms with E-state index >= 15 is 0 Å². The molecule has 2 heterocycles. The number of methoxy groups -OCH3 is 1. The Morgan fingerprint density at radius 2 is 1.92 bits per heavy atom. The van der Waals surface area contributed by atoms with Crippen molar-refractivity contribution in [2.45, 2.75) is 12.5 Å². The molecule has 120 valence electrons. The first-order valence-electron chi connectivity index (χ1n) is 7.76. The second-order valence-corrected chi connectivity index (χ2v) is 5.84. The molecule has 0 unspecified atom stereocenters. The zero-order valence-corrected chi connectivity index (χ0v) is 13.1. The van der Waals surface area contributed by atoms with Crippen LogP contribution in [0.25, 0.3) is 10.9 Å². The first-order valence-corrected chi connectivity index (χ1v) is 7.76. The van der Waals surface area contributed by atoms with Crippen LogP contribution in [0, 0.1) is 0 Å². The van der Waals surface area contributed by atoms with Crippen LogP contribution in [0.2, 0.25) is 0 Å². The van der Waals surface area contributed by atoms with E-state index in [9.17, 15) is 9.59 Å². The van der Waals surface area contributed by atoms with Crippen LogP contribution in [-0.2, 0) is 11.2 Å². The van der Waals surface area contributed by atoms with Gasteiger partial charge in [0.1, 0.15) is 5.69 Å². The molecule has 4 rings (SSSR count). The van der Waals surface area contributed by atoms with Crippen LogP contribution in [0.5, 0.6) is 0 Å². The minimum atomic E-state index is -0.457. The van der Waals surface area contributed by atoms with E-state index in [1.165, 1.54) is 7.11 Å². The fourth-order valence-corrected chi connectivity index (χ4v) is 3.35.